The Morgan fingerprint density at radius 2 is 2.10 bits per heavy atom. The van der Waals surface area contributed by atoms with Gasteiger partial charge in [0.15, 0.2) is 0 Å². The van der Waals surface area contributed by atoms with E-state index in [9.17, 15) is 4.79 Å². The molecule has 1 aromatic heterocycles. The Balaban J connectivity index is 2.16. The molecule has 6 nitrogen and oxygen atoms in total. The van der Waals surface area contributed by atoms with Crippen molar-refractivity contribution in [2.75, 3.05) is 40.3 Å². The predicted octanol–water partition coefficient (Wildman–Crippen LogP) is 1.02. The molecule has 0 saturated carbocycles. The van der Waals surface area contributed by atoms with Crippen LogP contribution in [0.25, 0.3) is 0 Å². The maximum absolute atomic E-state index is 12.1. The molecule has 116 valence electrons. The van der Waals surface area contributed by atoms with E-state index in [0.29, 0.717) is 5.69 Å². The van der Waals surface area contributed by atoms with E-state index in [1.165, 1.54) is 11.5 Å². The topological polar surface area (TPSA) is 63.4 Å². The van der Waals surface area contributed by atoms with Gasteiger partial charge in [-0.25, -0.2) is 0 Å². The molecule has 1 fully saturated rings. The molecule has 0 spiro atoms. The number of hydrogen-bond acceptors (Lipinski definition) is 5. The number of nitrogens with one attached hydrogen (secondary N) is 3. The third-order valence-corrected chi connectivity index (χ3v) is 3.92. The fourth-order valence-electron chi connectivity index (χ4n) is 2.24. The summed E-state index contributed by atoms with van der Waals surface area (Å²) < 4.78 is 2.92. The average molecular weight is 309 g/mol. The molecular weight excluding hydrogens is 286 g/mol. The van der Waals surface area contributed by atoms with Gasteiger partial charge in [-0.2, -0.15) is 0 Å². The van der Waals surface area contributed by atoms with Crippen molar-refractivity contribution in [2.24, 2.45) is 0 Å². The Labute approximate surface area is 129 Å². The highest BCUT2D eigenvalue weighted by molar-refractivity contribution is 7.05. The summed E-state index contributed by atoms with van der Waals surface area (Å²) in [5.41, 5.74) is 2.50. The Kier molecular flexibility index (Phi) is 5.46. The number of rotatable bonds is 5. The molecule has 2 rings (SSSR count). The van der Waals surface area contributed by atoms with E-state index in [2.05, 4.69) is 26.0 Å². The highest BCUT2D eigenvalue weighted by Crippen LogP contribution is 2.16. The zero-order valence-electron chi connectivity index (χ0n) is 12.8. The molecule has 0 bridgehead atoms. The van der Waals surface area contributed by atoms with Gasteiger partial charge < -0.3 is 24.8 Å². The number of H-pyrrole nitrogens is 1. The van der Waals surface area contributed by atoms with Crippen LogP contribution in [-0.2, 0) is 0 Å². The van der Waals surface area contributed by atoms with Gasteiger partial charge in [-0.05, 0) is 6.92 Å². The summed E-state index contributed by atoms with van der Waals surface area (Å²) in [6.45, 7) is 5.81. The van der Waals surface area contributed by atoms with Gasteiger partial charge in [-0.1, -0.05) is 17.6 Å². The van der Waals surface area contributed by atoms with Crippen molar-refractivity contribution in [3.8, 4) is 0 Å². The van der Waals surface area contributed by atoms with E-state index in [1.807, 2.05) is 37.5 Å². The van der Waals surface area contributed by atoms with Crippen LogP contribution in [0.4, 0.5) is 0 Å². The summed E-state index contributed by atoms with van der Waals surface area (Å²) in [6.07, 6.45) is 4.00. The minimum absolute atomic E-state index is 0.101. The molecule has 0 radical (unpaired) electrons. The van der Waals surface area contributed by atoms with Gasteiger partial charge in [0, 0.05) is 51.9 Å². The maximum atomic E-state index is 12.1. The predicted molar refractivity (Wildman–Crippen MR) is 86.1 cm³/mol. The lowest BCUT2D eigenvalue weighted by Crippen LogP contribution is -2.44. The first-order valence-corrected chi connectivity index (χ1v) is 7.93. The second-order valence-corrected chi connectivity index (χ2v) is 5.80. The first-order valence-electron chi connectivity index (χ1n) is 7.05. The molecule has 0 aromatic carbocycles. The van der Waals surface area contributed by atoms with E-state index in [4.69, 9.17) is 0 Å². The second kappa shape index (κ2) is 7.33. The smallest absolute Gasteiger partial charge is 0.273 e. The van der Waals surface area contributed by atoms with Crippen molar-refractivity contribution >= 4 is 17.4 Å². The summed E-state index contributed by atoms with van der Waals surface area (Å²) >= 11 is 1.42. The zero-order valence-corrected chi connectivity index (χ0v) is 13.6. The maximum Gasteiger partial charge on any atom is 0.273 e. The Morgan fingerprint density at radius 3 is 2.57 bits per heavy atom. The van der Waals surface area contributed by atoms with Crippen molar-refractivity contribution in [1.82, 2.24) is 24.8 Å². The first-order chi connectivity index (χ1) is 10.1. The van der Waals surface area contributed by atoms with Crippen molar-refractivity contribution in [2.45, 2.75) is 6.92 Å². The summed E-state index contributed by atoms with van der Waals surface area (Å²) in [4.78, 5) is 16.4. The van der Waals surface area contributed by atoms with Gasteiger partial charge in [0.25, 0.3) is 5.91 Å². The van der Waals surface area contributed by atoms with Crippen LogP contribution in [0, 0.1) is 0 Å². The molecule has 1 saturated heterocycles. The normalized spacial score (nSPS) is 17.0. The molecule has 1 amide bonds. The number of amides is 1. The average Bonchev–Trinajstić information content (AvgIpc) is 2.37. The van der Waals surface area contributed by atoms with Crippen LogP contribution in [0.5, 0.6) is 0 Å². The molecule has 7 heteroatoms. The van der Waals surface area contributed by atoms with Gasteiger partial charge in [0.1, 0.15) is 5.69 Å². The van der Waals surface area contributed by atoms with Crippen LogP contribution < -0.4 is 10.6 Å². The number of aromatic nitrogens is 1. The van der Waals surface area contributed by atoms with Crippen molar-refractivity contribution in [3.05, 3.63) is 34.7 Å². The van der Waals surface area contributed by atoms with Crippen LogP contribution in [-0.4, -0.2) is 60.4 Å². The van der Waals surface area contributed by atoms with Gasteiger partial charge in [-0.3, -0.25) is 4.79 Å². The summed E-state index contributed by atoms with van der Waals surface area (Å²) in [7, 11) is 3.90. The van der Waals surface area contributed by atoms with E-state index in [-0.39, 0.29) is 5.91 Å². The van der Waals surface area contributed by atoms with Gasteiger partial charge in [-0.15, -0.1) is 0 Å². The fraction of sp³-hybridized carbons (Fsp3) is 0.500. The molecule has 3 N–H and O–H groups in total. The van der Waals surface area contributed by atoms with Gasteiger partial charge in [0.05, 0.1) is 11.4 Å². The molecular formula is C14H23N5OS. The Bertz CT molecular complexity index is 513. The SMILES string of the molecule is C/C=C(\C(=C/N(C)C)NC(=O)c1cs[nH]1)N1CCNCC1. The molecule has 21 heavy (non-hydrogen) atoms. The third-order valence-electron chi connectivity index (χ3n) is 3.23. The van der Waals surface area contributed by atoms with Crippen LogP contribution in [0.2, 0.25) is 0 Å². The van der Waals surface area contributed by atoms with Crippen molar-refractivity contribution in [1.29, 1.82) is 0 Å². The number of nitrogens with zero attached hydrogens (tertiary/aromatic N) is 2. The fourth-order valence-corrected chi connectivity index (χ4v) is 2.68. The minimum Gasteiger partial charge on any atom is -0.382 e. The van der Waals surface area contributed by atoms with E-state index in [1.54, 1.807) is 0 Å². The molecule has 0 atom stereocenters. The highest BCUT2D eigenvalue weighted by Gasteiger charge is 2.19. The molecule has 2 heterocycles. The number of piperazine rings is 1. The van der Waals surface area contributed by atoms with Gasteiger partial charge >= 0.3 is 0 Å². The summed E-state index contributed by atoms with van der Waals surface area (Å²) in [5, 5.41) is 8.16. The quantitative estimate of drug-likeness (QED) is 0.711. The van der Waals surface area contributed by atoms with Crippen molar-refractivity contribution < 1.29 is 4.79 Å². The molecule has 0 unspecified atom stereocenters. The minimum atomic E-state index is -0.101. The Hall–Kier alpha value is -1.73. The second-order valence-electron chi connectivity index (χ2n) is 5.12. The molecule has 1 aliphatic heterocycles. The highest BCUT2D eigenvalue weighted by atomic mass is 32.1. The van der Waals surface area contributed by atoms with Crippen LogP contribution in [0.1, 0.15) is 17.4 Å². The van der Waals surface area contributed by atoms with E-state index in [0.717, 1.165) is 37.6 Å². The van der Waals surface area contributed by atoms with E-state index >= 15 is 0 Å². The lowest BCUT2D eigenvalue weighted by molar-refractivity contribution is 0.0959. The number of hydrogen-bond donors (Lipinski definition) is 3. The van der Waals surface area contributed by atoms with Crippen LogP contribution >= 0.6 is 11.5 Å². The number of carbonyl (C=O) groups excluding carboxylic acids is 1. The number of carbonyl (C=O) groups is 1. The standard InChI is InChI=1S/C14H23N5OS/c1-4-13(19-7-5-15-6-8-19)11(9-18(2)3)16-14(20)12-10-21-17-12/h4,9-10,15,17H,5-8H2,1-3H3,(H,16,20)/b11-9+,13-4+. The zero-order chi connectivity index (χ0) is 15.2. The lowest BCUT2D eigenvalue weighted by Gasteiger charge is -2.33. The monoisotopic (exact) mass is 309 g/mol. The molecule has 1 aliphatic rings. The molecule has 1 aromatic rings. The number of aromatic amines is 1. The first kappa shape index (κ1) is 15.7. The largest absolute Gasteiger partial charge is 0.382 e. The third kappa shape index (κ3) is 4.12. The van der Waals surface area contributed by atoms with Crippen LogP contribution in [0.3, 0.4) is 0 Å². The number of allylic oxidation sites excluding steroid dienone is 1. The van der Waals surface area contributed by atoms with Gasteiger partial charge in [0.2, 0.25) is 0 Å². The van der Waals surface area contributed by atoms with Crippen LogP contribution in [0.15, 0.2) is 29.1 Å². The summed E-state index contributed by atoms with van der Waals surface area (Å²) in [5.74, 6) is -0.101. The van der Waals surface area contributed by atoms with E-state index < -0.39 is 0 Å². The Morgan fingerprint density at radius 1 is 1.43 bits per heavy atom. The summed E-state index contributed by atoms with van der Waals surface area (Å²) in [6, 6.07) is 0. The van der Waals surface area contributed by atoms with Crippen molar-refractivity contribution in [3.63, 3.8) is 0 Å². The molecule has 0 aliphatic carbocycles. The lowest BCUT2D eigenvalue weighted by atomic mass is 10.2.